The highest BCUT2D eigenvalue weighted by Gasteiger charge is 2.36. The fourth-order valence-corrected chi connectivity index (χ4v) is 1.87. The average Bonchev–Trinajstić information content (AvgIpc) is 2.72. The number of nitrogens with one attached hydrogen (secondary N) is 1. The summed E-state index contributed by atoms with van der Waals surface area (Å²) in [7, 11) is 0. The Morgan fingerprint density at radius 1 is 1.47 bits per heavy atom. The van der Waals surface area contributed by atoms with Crippen LogP contribution < -0.4 is 5.32 Å². The molecule has 0 saturated carbocycles. The molecule has 0 aliphatic heterocycles. The molecule has 0 radical (unpaired) electrons. The van der Waals surface area contributed by atoms with E-state index < -0.39 is 12.0 Å². The smallest absolute Gasteiger partial charge is 0.396 e. The van der Waals surface area contributed by atoms with Crippen LogP contribution in [0.15, 0.2) is 0 Å². The maximum absolute atomic E-state index is 12.2. The topological polar surface area (TPSA) is 58.0 Å². The minimum atomic E-state index is -4.49. The summed E-state index contributed by atoms with van der Waals surface area (Å²) in [5.74, 6) is -0.890. The Labute approximate surface area is 101 Å². The minimum absolute atomic E-state index is 0.0735. The number of aliphatic hydroxyl groups excluding tert-OH is 1. The van der Waals surface area contributed by atoms with Gasteiger partial charge in [-0.1, -0.05) is 13.3 Å². The number of hydrogen-bond donors (Lipinski definition) is 2. The first-order valence-corrected chi connectivity index (χ1v) is 6.00. The monoisotopic (exact) mass is 269 g/mol. The molecule has 8 heteroatoms. The molecule has 0 fully saturated rings. The molecule has 0 aromatic carbocycles. The molecular weight excluding hydrogens is 255 g/mol. The van der Waals surface area contributed by atoms with Crippen LogP contribution in [0.4, 0.5) is 18.3 Å². The molecule has 1 aromatic heterocycles. The van der Waals surface area contributed by atoms with Gasteiger partial charge < -0.3 is 10.4 Å². The predicted molar refractivity (Wildman–Crippen MR) is 58.9 cm³/mol. The van der Waals surface area contributed by atoms with E-state index in [1.54, 1.807) is 0 Å². The summed E-state index contributed by atoms with van der Waals surface area (Å²) < 4.78 is 39.9. The van der Waals surface area contributed by atoms with E-state index >= 15 is 0 Å². The highest BCUT2D eigenvalue weighted by Crippen LogP contribution is 2.29. The van der Waals surface area contributed by atoms with Gasteiger partial charge in [-0.15, -0.1) is 0 Å². The van der Waals surface area contributed by atoms with Gasteiger partial charge in [0.1, 0.15) is 0 Å². The van der Waals surface area contributed by atoms with Crippen LogP contribution in [0.3, 0.4) is 0 Å². The number of rotatable bonds is 6. The molecule has 1 heterocycles. The molecule has 98 valence electrons. The number of hydrogen-bond acceptors (Lipinski definition) is 5. The summed E-state index contributed by atoms with van der Waals surface area (Å²) in [6.07, 6.45) is -3.03. The lowest BCUT2D eigenvalue weighted by Gasteiger charge is -2.13. The van der Waals surface area contributed by atoms with Gasteiger partial charge in [0.2, 0.25) is 11.0 Å². The Kier molecular flexibility index (Phi) is 5.13. The second-order valence-corrected chi connectivity index (χ2v) is 4.34. The molecule has 4 nitrogen and oxygen atoms in total. The third-order valence-corrected chi connectivity index (χ3v) is 3.01. The van der Waals surface area contributed by atoms with Gasteiger partial charge in [0.05, 0.1) is 0 Å². The quantitative estimate of drug-likeness (QED) is 0.832. The maximum Gasteiger partial charge on any atom is 0.452 e. The Bertz CT molecular complexity index is 342. The largest absolute Gasteiger partial charge is 0.452 e. The number of halogens is 3. The summed E-state index contributed by atoms with van der Waals surface area (Å²) in [6.45, 7) is 2.52. The lowest BCUT2D eigenvalue weighted by Crippen LogP contribution is -2.15. The third kappa shape index (κ3) is 4.47. The van der Waals surface area contributed by atoms with Crippen LogP contribution in [0.5, 0.6) is 0 Å². The van der Waals surface area contributed by atoms with E-state index in [0.717, 1.165) is 6.42 Å². The molecule has 0 amide bonds. The van der Waals surface area contributed by atoms with E-state index in [1.807, 2.05) is 6.92 Å². The number of alkyl halides is 3. The van der Waals surface area contributed by atoms with Gasteiger partial charge in [0.15, 0.2) is 0 Å². The molecule has 2 N–H and O–H groups in total. The molecule has 17 heavy (non-hydrogen) atoms. The van der Waals surface area contributed by atoms with Gasteiger partial charge in [0.25, 0.3) is 0 Å². The lowest BCUT2D eigenvalue weighted by atomic mass is 10.0. The average molecular weight is 269 g/mol. The van der Waals surface area contributed by atoms with Crippen LogP contribution in [0.2, 0.25) is 0 Å². The summed E-state index contributed by atoms with van der Waals surface area (Å²) in [6, 6.07) is 0. The van der Waals surface area contributed by atoms with Gasteiger partial charge in [0, 0.05) is 24.7 Å². The second-order valence-electron chi connectivity index (χ2n) is 3.59. The molecule has 1 aromatic rings. The van der Waals surface area contributed by atoms with Crippen molar-refractivity contribution >= 4 is 16.7 Å². The lowest BCUT2D eigenvalue weighted by molar-refractivity contribution is -0.144. The molecule has 0 bridgehead atoms. The summed E-state index contributed by atoms with van der Waals surface area (Å²) in [5, 5.41) is 11.7. The van der Waals surface area contributed by atoms with Crippen molar-refractivity contribution in [2.75, 3.05) is 18.5 Å². The van der Waals surface area contributed by atoms with Gasteiger partial charge in [-0.3, -0.25) is 0 Å². The van der Waals surface area contributed by atoms with E-state index in [4.69, 9.17) is 5.11 Å². The van der Waals surface area contributed by atoms with Crippen molar-refractivity contribution in [1.82, 2.24) is 9.36 Å². The van der Waals surface area contributed by atoms with Crippen molar-refractivity contribution in [2.24, 2.45) is 5.92 Å². The van der Waals surface area contributed by atoms with Crippen molar-refractivity contribution in [3.8, 4) is 0 Å². The molecule has 0 saturated heterocycles. The van der Waals surface area contributed by atoms with Crippen LogP contribution in [0, 0.1) is 5.92 Å². The summed E-state index contributed by atoms with van der Waals surface area (Å²) in [5.41, 5.74) is 0. The second kappa shape index (κ2) is 6.15. The van der Waals surface area contributed by atoms with Gasteiger partial charge in [-0.05, 0) is 12.3 Å². The van der Waals surface area contributed by atoms with Crippen LogP contribution in [0.25, 0.3) is 0 Å². The standard InChI is InChI=1S/C9H14F3N3OS/c1-2-6(3-4-16)5-13-8-14-7(15-17-8)9(10,11)12/h6,16H,2-5H2,1H3,(H,13,14,15). The normalized spacial score (nSPS) is 13.7. The van der Waals surface area contributed by atoms with Crippen LogP contribution in [0.1, 0.15) is 25.6 Å². The molecular formula is C9H14F3N3OS. The highest BCUT2D eigenvalue weighted by atomic mass is 32.1. The van der Waals surface area contributed by atoms with Gasteiger partial charge >= 0.3 is 6.18 Å². The highest BCUT2D eigenvalue weighted by molar-refractivity contribution is 7.09. The SMILES string of the molecule is CCC(CCO)CNc1nc(C(F)(F)F)ns1. The number of aromatic nitrogens is 2. The van der Waals surface area contributed by atoms with Crippen LogP contribution >= 0.6 is 11.5 Å². The fraction of sp³-hybridized carbons (Fsp3) is 0.778. The van der Waals surface area contributed by atoms with Gasteiger partial charge in [-0.25, -0.2) is 0 Å². The van der Waals surface area contributed by atoms with Crippen molar-refractivity contribution in [1.29, 1.82) is 0 Å². The molecule has 0 aliphatic rings. The van der Waals surface area contributed by atoms with E-state index in [1.165, 1.54) is 0 Å². The molecule has 0 spiro atoms. The molecule has 1 atom stereocenters. The van der Waals surface area contributed by atoms with Crippen LogP contribution in [-0.2, 0) is 6.18 Å². The molecule has 0 aliphatic carbocycles. The van der Waals surface area contributed by atoms with Crippen molar-refractivity contribution in [2.45, 2.75) is 25.9 Å². The zero-order valence-corrected chi connectivity index (χ0v) is 10.1. The van der Waals surface area contributed by atoms with E-state index in [0.29, 0.717) is 24.5 Å². The minimum Gasteiger partial charge on any atom is -0.396 e. The van der Waals surface area contributed by atoms with E-state index in [9.17, 15) is 13.2 Å². The van der Waals surface area contributed by atoms with Crippen molar-refractivity contribution in [3.63, 3.8) is 0 Å². The predicted octanol–water partition coefficient (Wildman–Crippen LogP) is 2.38. The summed E-state index contributed by atoms with van der Waals surface area (Å²) >= 11 is 0.692. The third-order valence-electron chi connectivity index (χ3n) is 2.34. The Balaban J connectivity index is 2.49. The molecule has 1 unspecified atom stereocenters. The van der Waals surface area contributed by atoms with Crippen LogP contribution in [-0.4, -0.2) is 27.6 Å². The van der Waals surface area contributed by atoms with Crippen molar-refractivity contribution in [3.05, 3.63) is 5.82 Å². The zero-order chi connectivity index (χ0) is 12.9. The first-order chi connectivity index (χ1) is 7.97. The zero-order valence-electron chi connectivity index (χ0n) is 9.29. The Morgan fingerprint density at radius 2 is 2.18 bits per heavy atom. The van der Waals surface area contributed by atoms with E-state index in [-0.39, 0.29) is 17.7 Å². The Morgan fingerprint density at radius 3 is 2.65 bits per heavy atom. The Hall–Kier alpha value is -0.890. The number of aliphatic hydroxyl groups is 1. The van der Waals surface area contributed by atoms with Gasteiger partial charge in [-0.2, -0.15) is 22.5 Å². The maximum atomic E-state index is 12.2. The van der Waals surface area contributed by atoms with E-state index in [2.05, 4.69) is 14.7 Å². The first-order valence-electron chi connectivity index (χ1n) is 5.23. The number of nitrogens with zero attached hydrogens (tertiary/aromatic N) is 2. The first kappa shape index (κ1) is 14.2. The number of anilines is 1. The fourth-order valence-electron chi connectivity index (χ4n) is 1.28. The van der Waals surface area contributed by atoms with Crippen molar-refractivity contribution < 1.29 is 18.3 Å². The molecule has 1 rings (SSSR count). The summed E-state index contributed by atoms with van der Waals surface area (Å²) in [4.78, 5) is 3.36.